The quantitative estimate of drug-likeness (QED) is 0.680. The van der Waals surface area contributed by atoms with Gasteiger partial charge in [-0.25, -0.2) is 4.98 Å². The van der Waals surface area contributed by atoms with Crippen molar-refractivity contribution in [1.29, 1.82) is 0 Å². The Labute approximate surface area is 167 Å². The lowest BCUT2D eigenvalue weighted by Gasteiger charge is -2.26. The summed E-state index contributed by atoms with van der Waals surface area (Å²) in [6, 6.07) is 7.55. The van der Waals surface area contributed by atoms with Gasteiger partial charge in [0.1, 0.15) is 9.71 Å². The zero-order chi connectivity index (χ0) is 19.1. The third-order valence-corrected chi connectivity index (χ3v) is 6.64. The lowest BCUT2D eigenvalue weighted by Crippen LogP contribution is -2.30. The molecule has 0 saturated heterocycles. The molecule has 1 amide bonds. The first-order chi connectivity index (χ1) is 13.0. The van der Waals surface area contributed by atoms with E-state index in [9.17, 15) is 4.79 Å². The van der Waals surface area contributed by atoms with E-state index in [-0.39, 0.29) is 5.91 Å². The number of hydrogen-bond donors (Lipinski definition) is 2. The number of fused-ring (bicyclic) bond motifs is 2. The number of aromatic nitrogens is 1. The van der Waals surface area contributed by atoms with Gasteiger partial charge in [0.2, 0.25) is 0 Å². The van der Waals surface area contributed by atoms with E-state index in [2.05, 4.69) is 23.2 Å². The zero-order valence-corrected chi connectivity index (χ0v) is 16.9. The number of carbonyl (C=O) groups excluding carboxylic acids is 1. The average molecular weight is 401 g/mol. The molecular weight excluding hydrogens is 380 g/mol. The van der Waals surface area contributed by atoms with Gasteiger partial charge < -0.3 is 11.1 Å². The predicted octanol–water partition coefficient (Wildman–Crippen LogP) is 4.47. The van der Waals surface area contributed by atoms with E-state index in [1.807, 2.05) is 19.1 Å². The highest BCUT2D eigenvalue weighted by Crippen LogP contribution is 2.36. The van der Waals surface area contributed by atoms with Crippen LogP contribution in [0.1, 0.15) is 33.4 Å². The van der Waals surface area contributed by atoms with Crippen molar-refractivity contribution in [2.24, 2.45) is 0 Å². The molecular formula is C20H21ClN4OS. The van der Waals surface area contributed by atoms with Crippen molar-refractivity contribution < 1.29 is 4.79 Å². The molecule has 5 nitrogen and oxygen atoms in total. The standard InChI is InChI=1S/C20H21ClN4OS/c1-3-25-8-7-16-12(10-25)9-13-17(22)18(27-20(13)24-16)19(26)23-15-6-4-5-14(21)11(15)2/h4-6,9H,3,7-8,10,22H2,1-2H3,(H,23,26). The van der Waals surface area contributed by atoms with Gasteiger partial charge >= 0.3 is 0 Å². The lowest BCUT2D eigenvalue weighted by atomic mass is 10.0. The molecule has 0 spiro atoms. The normalized spacial score (nSPS) is 14.3. The van der Waals surface area contributed by atoms with Crippen LogP contribution in [0.3, 0.4) is 0 Å². The van der Waals surface area contributed by atoms with Crippen LogP contribution in [0, 0.1) is 6.92 Å². The number of halogens is 1. The van der Waals surface area contributed by atoms with Crippen LogP contribution in [0.2, 0.25) is 5.02 Å². The Hall–Kier alpha value is -2.15. The summed E-state index contributed by atoms with van der Waals surface area (Å²) in [5.74, 6) is -0.228. The largest absolute Gasteiger partial charge is 0.397 e. The molecule has 2 aromatic heterocycles. The third-order valence-electron chi connectivity index (χ3n) is 5.12. The highest BCUT2D eigenvalue weighted by atomic mass is 35.5. The van der Waals surface area contributed by atoms with E-state index in [4.69, 9.17) is 22.3 Å². The number of nitrogens with zero attached hydrogens (tertiary/aromatic N) is 2. The van der Waals surface area contributed by atoms with Gasteiger partial charge in [-0.15, -0.1) is 11.3 Å². The van der Waals surface area contributed by atoms with Crippen LogP contribution in [0.25, 0.3) is 10.2 Å². The molecule has 0 saturated carbocycles. The van der Waals surface area contributed by atoms with Crippen molar-refractivity contribution in [1.82, 2.24) is 9.88 Å². The Morgan fingerprint density at radius 3 is 3.04 bits per heavy atom. The van der Waals surface area contributed by atoms with Crippen molar-refractivity contribution in [3.8, 4) is 0 Å². The van der Waals surface area contributed by atoms with Gasteiger partial charge in [0, 0.05) is 41.3 Å². The number of amides is 1. The summed E-state index contributed by atoms with van der Waals surface area (Å²) in [7, 11) is 0. The van der Waals surface area contributed by atoms with E-state index in [1.54, 1.807) is 6.07 Å². The summed E-state index contributed by atoms with van der Waals surface area (Å²) in [6.07, 6.45) is 0.931. The molecule has 0 radical (unpaired) electrons. The molecule has 0 fully saturated rings. The minimum absolute atomic E-state index is 0.228. The summed E-state index contributed by atoms with van der Waals surface area (Å²) in [5, 5.41) is 4.41. The van der Waals surface area contributed by atoms with Crippen molar-refractivity contribution in [3.05, 3.63) is 51.0 Å². The number of carbonyl (C=O) groups is 1. The van der Waals surface area contributed by atoms with Crippen LogP contribution in [0.5, 0.6) is 0 Å². The van der Waals surface area contributed by atoms with E-state index in [0.29, 0.717) is 21.3 Å². The van der Waals surface area contributed by atoms with Gasteiger partial charge in [0.25, 0.3) is 5.91 Å². The second-order valence-electron chi connectivity index (χ2n) is 6.78. The Bertz CT molecular complexity index is 1050. The lowest BCUT2D eigenvalue weighted by molar-refractivity contribution is 0.103. The zero-order valence-electron chi connectivity index (χ0n) is 15.3. The Morgan fingerprint density at radius 2 is 2.26 bits per heavy atom. The molecule has 1 aromatic carbocycles. The van der Waals surface area contributed by atoms with Gasteiger partial charge in [0.15, 0.2) is 0 Å². The number of nitrogens with two attached hydrogens (primary N) is 1. The van der Waals surface area contributed by atoms with Gasteiger partial charge in [-0.2, -0.15) is 0 Å². The minimum Gasteiger partial charge on any atom is -0.397 e. The molecule has 140 valence electrons. The molecule has 4 rings (SSSR count). The third kappa shape index (κ3) is 3.29. The first-order valence-electron chi connectivity index (χ1n) is 8.97. The van der Waals surface area contributed by atoms with E-state index in [0.717, 1.165) is 47.5 Å². The Kier molecular flexibility index (Phi) is 4.80. The molecule has 0 bridgehead atoms. The maximum absolute atomic E-state index is 12.8. The van der Waals surface area contributed by atoms with Crippen LogP contribution >= 0.6 is 22.9 Å². The predicted molar refractivity (Wildman–Crippen MR) is 113 cm³/mol. The van der Waals surface area contributed by atoms with Crippen LogP contribution in [0.15, 0.2) is 24.3 Å². The molecule has 0 atom stereocenters. The van der Waals surface area contributed by atoms with Gasteiger partial charge in [-0.3, -0.25) is 9.69 Å². The number of hydrogen-bond acceptors (Lipinski definition) is 5. The number of benzene rings is 1. The number of likely N-dealkylation sites (N-methyl/N-ethyl adjacent to an activating group) is 1. The Balaban J connectivity index is 1.69. The second kappa shape index (κ2) is 7.11. The first kappa shape index (κ1) is 18.2. The number of nitrogens with one attached hydrogen (secondary N) is 1. The minimum atomic E-state index is -0.228. The van der Waals surface area contributed by atoms with Crippen LogP contribution in [-0.4, -0.2) is 28.9 Å². The van der Waals surface area contributed by atoms with Crippen molar-refractivity contribution in [2.75, 3.05) is 24.1 Å². The summed E-state index contributed by atoms with van der Waals surface area (Å²) < 4.78 is 0. The molecule has 3 aromatic rings. The molecule has 27 heavy (non-hydrogen) atoms. The summed E-state index contributed by atoms with van der Waals surface area (Å²) in [5.41, 5.74) is 10.7. The highest BCUT2D eigenvalue weighted by Gasteiger charge is 2.22. The molecule has 1 aliphatic heterocycles. The van der Waals surface area contributed by atoms with Gasteiger partial charge in [0.05, 0.1) is 5.69 Å². The fourth-order valence-corrected chi connectivity index (χ4v) is 4.58. The Morgan fingerprint density at radius 1 is 1.44 bits per heavy atom. The molecule has 1 aliphatic rings. The van der Waals surface area contributed by atoms with Crippen LogP contribution < -0.4 is 11.1 Å². The van der Waals surface area contributed by atoms with Crippen LogP contribution in [0.4, 0.5) is 11.4 Å². The van der Waals surface area contributed by atoms with Crippen molar-refractivity contribution in [3.63, 3.8) is 0 Å². The second-order valence-corrected chi connectivity index (χ2v) is 8.18. The maximum atomic E-state index is 12.8. The van der Waals surface area contributed by atoms with E-state index >= 15 is 0 Å². The first-order valence-corrected chi connectivity index (χ1v) is 10.2. The summed E-state index contributed by atoms with van der Waals surface area (Å²) >= 11 is 7.49. The molecule has 0 unspecified atom stereocenters. The summed E-state index contributed by atoms with van der Waals surface area (Å²) in [4.78, 5) is 21.3. The number of anilines is 2. The van der Waals surface area contributed by atoms with Crippen molar-refractivity contribution in [2.45, 2.75) is 26.8 Å². The summed E-state index contributed by atoms with van der Waals surface area (Å²) in [6.45, 7) is 6.96. The van der Waals surface area contributed by atoms with Crippen LogP contribution in [-0.2, 0) is 13.0 Å². The fraction of sp³-hybridized carbons (Fsp3) is 0.300. The average Bonchev–Trinajstić information content (AvgIpc) is 2.99. The van der Waals surface area contributed by atoms with E-state index in [1.165, 1.54) is 16.9 Å². The number of nitrogen functional groups attached to an aromatic ring is 1. The van der Waals surface area contributed by atoms with E-state index < -0.39 is 0 Å². The molecule has 3 N–H and O–H groups in total. The van der Waals surface area contributed by atoms with Gasteiger partial charge in [-0.05, 0) is 42.8 Å². The maximum Gasteiger partial charge on any atom is 0.267 e. The smallest absolute Gasteiger partial charge is 0.267 e. The SMILES string of the molecule is CCN1CCc2nc3sc(C(=O)Nc4cccc(Cl)c4C)c(N)c3cc2C1. The molecule has 7 heteroatoms. The molecule has 0 aliphatic carbocycles. The molecule has 3 heterocycles. The number of thiophene rings is 1. The fourth-order valence-electron chi connectivity index (χ4n) is 3.42. The van der Waals surface area contributed by atoms with Crippen molar-refractivity contribution >= 4 is 50.4 Å². The topological polar surface area (TPSA) is 71.2 Å². The number of pyridine rings is 1. The number of rotatable bonds is 3. The van der Waals surface area contributed by atoms with Gasteiger partial charge in [-0.1, -0.05) is 24.6 Å². The highest BCUT2D eigenvalue weighted by molar-refractivity contribution is 7.21. The monoisotopic (exact) mass is 400 g/mol.